The monoisotopic (exact) mass is 280 g/mol. The van der Waals surface area contributed by atoms with Gasteiger partial charge < -0.3 is 0 Å². The predicted octanol–water partition coefficient (Wildman–Crippen LogP) is 4.70. The minimum Gasteiger partial charge on any atom is -0.281 e. The van der Waals surface area contributed by atoms with E-state index in [9.17, 15) is 4.79 Å². The summed E-state index contributed by atoms with van der Waals surface area (Å²) >= 11 is 5.45. The fourth-order valence-corrected chi connectivity index (χ4v) is 1.75. The van der Waals surface area contributed by atoms with Crippen molar-refractivity contribution in [2.24, 2.45) is 10.2 Å². The largest absolute Gasteiger partial charge is 0.281 e. The molecule has 0 heterocycles. The fourth-order valence-electron chi connectivity index (χ4n) is 1.65. The highest BCUT2D eigenvalue weighted by Gasteiger charge is 2.27. The van der Waals surface area contributed by atoms with Crippen molar-refractivity contribution in [2.45, 2.75) is 51.6 Å². The van der Waals surface area contributed by atoms with E-state index < -0.39 is 5.54 Å². The minimum atomic E-state index is -0.515. The number of benzene rings is 1. The molecule has 1 aromatic rings. The molecule has 0 saturated carbocycles. The molecule has 0 bridgehead atoms. The number of nitrogens with zero attached hydrogens (tertiary/aromatic N) is 2. The first-order valence-electron chi connectivity index (χ1n) is 6.41. The molecular weight excluding hydrogens is 260 g/mol. The molecule has 1 unspecified atom stereocenters. The Bertz CT molecular complexity index is 451. The molecule has 0 aliphatic rings. The van der Waals surface area contributed by atoms with Crippen LogP contribution < -0.4 is 0 Å². The third kappa shape index (κ3) is 5.52. The standard InChI is InChI=1S/C15H21ClN2O/c1-14(2,3)17-18-15(4,11-10-13(16)19)12-8-6-5-7-9-12/h5-9H,10-11H2,1-4H3. The molecule has 4 heteroatoms. The van der Waals surface area contributed by atoms with Crippen molar-refractivity contribution in [3.05, 3.63) is 35.9 Å². The van der Waals surface area contributed by atoms with Gasteiger partial charge in [-0.05, 0) is 51.3 Å². The first kappa shape index (κ1) is 15.8. The van der Waals surface area contributed by atoms with Crippen LogP contribution in [0.25, 0.3) is 0 Å². The number of halogens is 1. The summed E-state index contributed by atoms with van der Waals surface area (Å²) in [5, 5.41) is 8.50. The third-order valence-electron chi connectivity index (χ3n) is 2.77. The molecule has 1 aromatic carbocycles. The summed E-state index contributed by atoms with van der Waals surface area (Å²) in [6.07, 6.45) is 0.842. The normalized spacial score (nSPS) is 15.4. The van der Waals surface area contributed by atoms with E-state index in [1.165, 1.54) is 0 Å². The molecule has 0 aromatic heterocycles. The Kier molecular flexibility index (Phi) is 5.24. The van der Waals surface area contributed by atoms with Crippen molar-refractivity contribution >= 4 is 16.8 Å². The lowest BCUT2D eigenvalue weighted by molar-refractivity contribution is -0.112. The summed E-state index contributed by atoms with van der Waals surface area (Å²) in [6.45, 7) is 7.97. The molecule has 0 N–H and O–H groups in total. The maximum absolute atomic E-state index is 11.0. The highest BCUT2D eigenvalue weighted by Crippen LogP contribution is 2.32. The van der Waals surface area contributed by atoms with Gasteiger partial charge in [0.15, 0.2) is 0 Å². The third-order valence-corrected chi connectivity index (χ3v) is 2.96. The van der Waals surface area contributed by atoms with Gasteiger partial charge in [-0.15, -0.1) is 0 Å². The zero-order valence-electron chi connectivity index (χ0n) is 12.0. The van der Waals surface area contributed by atoms with Crippen LogP contribution in [0.2, 0.25) is 0 Å². The molecule has 0 saturated heterocycles. The average molecular weight is 281 g/mol. The average Bonchev–Trinajstić information content (AvgIpc) is 2.34. The van der Waals surface area contributed by atoms with Gasteiger partial charge in [0.05, 0.1) is 5.54 Å². The van der Waals surface area contributed by atoms with Crippen molar-refractivity contribution in [1.29, 1.82) is 0 Å². The van der Waals surface area contributed by atoms with Gasteiger partial charge in [0.2, 0.25) is 5.24 Å². The molecule has 19 heavy (non-hydrogen) atoms. The number of hydrogen-bond donors (Lipinski definition) is 0. The zero-order chi connectivity index (χ0) is 14.5. The fraction of sp³-hybridized carbons (Fsp3) is 0.533. The van der Waals surface area contributed by atoms with Crippen molar-refractivity contribution in [3.8, 4) is 0 Å². The van der Waals surface area contributed by atoms with Crippen LogP contribution in [-0.4, -0.2) is 10.8 Å². The van der Waals surface area contributed by atoms with Crippen LogP contribution in [0.15, 0.2) is 40.6 Å². The van der Waals surface area contributed by atoms with E-state index in [0.717, 1.165) is 5.56 Å². The Hall–Kier alpha value is -1.22. The second-order valence-electron chi connectivity index (χ2n) is 5.87. The van der Waals surface area contributed by atoms with Crippen LogP contribution in [-0.2, 0) is 10.3 Å². The van der Waals surface area contributed by atoms with Crippen LogP contribution >= 0.6 is 11.6 Å². The number of carbonyl (C=O) groups excluding carboxylic acids is 1. The molecular formula is C15H21ClN2O. The maximum Gasteiger partial charge on any atom is 0.221 e. The van der Waals surface area contributed by atoms with Crippen LogP contribution in [0.5, 0.6) is 0 Å². The Labute approximate surface area is 120 Å². The van der Waals surface area contributed by atoms with E-state index in [4.69, 9.17) is 11.6 Å². The van der Waals surface area contributed by atoms with Crippen molar-refractivity contribution in [3.63, 3.8) is 0 Å². The summed E-state index contributed by atoms with van der Waals surface area (Å²) in [7, 11) is 0. The predicted molar refractivity (Wildman–Crippen MR) is 78.5 cm³/mol. The quantitative estimate of drug-likeness (QED) is 0.569. The zero-order valence-corrected chi connectivity index (χ0v) is 12.7. The van der Waals surface area contributed by atoms with E-state index in [2.05, 4.69) is 10.2 Å². The summed E-state index contributed by atoms with van der Waals surface area (Å²) in [4.78, 5) is 11.0. The van der Waals surface area contributed by atoms with E-state index in [0.29, 0.717) is 6.42 Å². The lowest BCUT2D eigenvalue weighted by atomic mass is 9.88. The van der Waals surface area contributed by atoms with Crippen LogP contribution in [0.1, 0.15) is 46.1 Å². The molecule has 0 fully saturated rings. The number of rotatable bonds is 5. The molecule has 3 nitrogen and oxygen atoms in total. The molecule has 0 radical (unpaired) electrons. The summed E-state index contributed by atoms with van der Waals surface area (Å²) in [5.41, 5.74) is 0.293. The van der Waals surface area contributed by atoms with E-state index in [1.807, 2.05) is 58.0 Å². The number of hydrogen-bond acceptors (Lipinski definition) is 3. The lowest BCUT2D eigenvalue weighted by Gasteiger charge is -2.25. The summed E-state index contributed by atoms with van der Waals surface area (Å²) < 4.78 is 0. The van der Waals surface area contributed by atoms with E-state index in [-0.39, 0.29) is 17.2 Å². The van der Waals surface area contributed by atoms with Gasteiger partial charge >= 0.3 is 0 Å². The molecule has 0 spiro atoms. The van der Waals surface area contributed by atoms with Gasteiger partial charge in [-0.1, -0.05) is 30.3 Å². The minimum absolute atomic E-state index is 0.235. The molecule has 104 valence electrons. The lowest BCUT2D eigenvalue weighted by Crippen LogP contribution is -2.21. The second-order valence-corrected chi connectivity index (χ2v) is 6.29. The van der Waals surface area contributed by atoms with Gasteiger partial charge in [0.25, 0.3) is 0 Å². The molecule has 1 rings (SSSR count). The van der Waals surface area contributed by atoms with Crippen molar-refractivity contribution in [2.75, 3.05) is 0 Å². The van der Waals surface area contributed by atoms with E-state index in [1.54, 1.807) is 0 Å². The Morgan fingerprint density at radius 1 is 1.11 bits per heavy atom. The highest BCUT2D eigenvalue weighted by molar-refractivity contribution is 6.63. The highest BCUT2D eigenvalue weighted by atomic mass is 35.5. The van der Waals surface area contributed by atoms with Crippen LogP contribution in [0.3, 0.4) is 0 Å². The Morgan fingerprint density at radius 2 is 1.68 bits per heavy atom. The second kappa shape index (κ2) is 6.29. The smallest absolute Gasteiger partial charge is 0.221 e. The van der Waals surface area contributed by atoms with Gasteiger partial charge in [-0.25, -0.2) is 0 Å². The number of carbonyl (C=O) groups is 1. The first-order chi connectivity index (χ1) is 8.73. The van der Waals surface area contributed by atoms with E-state index >= 15 is 0 Å². The number of azo groups is 1. The van der Waals surface area contributed by atoms with Gasteiger partial charge in [-0.3, -0.25) is 4.79 Å². The SMILES string of the molecule is CC(C)(C)N=NC(C)(CCC(=O)Cl)c1ccccc1. The van der Waals surface area contributed by atoms with Gasteiger partial charge in [0.1, 0.15) is 5.54 Å². The Morgan fingerprint density at radius 3 is 2.16 bits per heavy atom. The van der Waals surface area contributed by atoms with Gasteiger partial charge in [0, 0.05) is 6.42 Å². The maximum atomic E-state index is 11.0. The van der Waals surface area contributed by atoms with Gasteiger partial charge in [-0.2, -0.15) is 10.2 Å². The first-order valence-corrected chi connectivity index (χ1v) is 6.79. The molecule has 1 atom stereocenters. The van der Waals surface area contributed by atoms with Crippen LogP contribution in [0, 0.1) is 0 Å². The molecule has 0 aliphatic heterocycles. The topological polar surface area (TPSA) is 41.8 Å². The van der Waals surface area contributed by atoms with Crippen LogP contribution in [0.4, 0.5) is 0 Å². The molecule has 0 aliphatic carbocycles. The summed E-state index contributed by atoms with van der Waals surface area (Å²) in [6, 6.07) is 9.88. The summed E-state index contributed by atoms with van der Waals surface area (Å²) in [5.74, 6) is 0. The van der Waals surface area contributed by atoms with Crippen molar-refractivity contribution in [1.82, 2.24) is 0 Å². The molecule has 0 amide bonds. The van der Waals surface area contributed by atoms with Crippen molar-refractivity contribution < 1.29 is 4.79 Å². The Balaban J connectivity index is 3.03.